The second kappa shape index (κ2) is 6.44. The summed E-state index contributed by atoms with van der Waals surface area (Å²) in [4.78, 5) is 2.63. The van der Waals surface area contributed by atoms with Crippen molar-refractivity contribution in [3.63, 3.8) is 0 Å². The summed E-state index contributed by atoms with van der Waals surface area (Å²) in [6.45, 7) is 15.8. The van der Waals surface area contributed by atoms with Crippen LogP contribution in [0, 0.1) is 11.5 Å². The summed E-state index contributed by atoms with van der Waals surface area (Å²) in [5.41, 5.74) is 3.96. The van der Waals surface area contributed by atoms with E-state index in [1.807, 2.05) is 0 Å². The van der Waals surface area contributed by atoms with E-state index in [-0.39, 0.29) is 5.54 Å². The summed E-state index contributed by atoms with van der Waals surface area (Å²) in [5, 5.41) is 0.348. The van der Waals surface area contributed by atoms with Crippen molar-refractivity contribution in [3.8, 4) is 11.5 Å². The minimum atomic E-state index is -1.52. The van der Waals surface area contributed by atoms with Crippen LogP contribution in [-0.4, -0.2) is 44.8 Å². The predicted molar refractivity (Wildman–Crippen MR) is 93.2 cm³/mol. The third-order valence-corrected chi connectivity index (χ3v) is 10.3. The molecule has 0 atom stereocenters. The molecule has 21 heavy (non-hydrogen) atoms. The average molecular weight is 308 g/mol. The molecule has 1 saturated heterocycles. The summed E-state index contributed by atoms with van der Waals surface area (Å²) in [7, 11) is -1.52. The molecule has 120 valence electrons. The van der Waals surface area contributed by atoms with Crippen LogP contribution in [0.3, 0.4) is 0 Å². The first-order valence-corrected chi connectivity index (χ1v) is 11.6. The van der Waals surface area contributed by atoms with Crippen LogP contribution in [0.15, 0.2) is 0 Å². The molecule has 0 bridgehead atoms. The van der Waals surface area contributed by atoms with E-state index in [1.54, 1.807) is 0 Å². The molecule has 2 aliphatic rings. The minimum absolute atomic E-state index is 0.150. The van der Waals surface area contributed by atoms with Crippen molar-refractivity contribution in [2.45, 2.75) is 76.5 Å². The Morgan fingerprint density at radius 3 is 2.10 bits per heavy atom. The van der Waals surface area contributed by atoms with Crippen LogP contribution in [0.5, 0.6) is 0 Å². The average Bonchev–Trinajstić information content (AvgIpc) is 2.46. The van der Waals surface area contributed by atoms with E-state index < -0.39 is 8.07 Å². The molecule has 0 unspecified atom stereocenters. The number of hydrogen-bond acceptors (Lipinski definition) is 2. The van der Waals surface area contributed by atoms with Gasteiger partial charge in [-0.1, -0.05) is 59.0 Å². The van der Waals surface area contributed by atoms with Crippen molar-refractivity contribution in [2.75, 3.05) is 26.3 Å². The van der Waals surface area contributed by atoms with Crippen LogP contribution in [0.2, 0.25) is 18.1 Å². The number of rotatable bonds is 1. The van der Waals surface area contributed by atoms with Crippen LogP contribution >= 0.6 is 0 Å². The molecule has 0 radical (unpaired) electrons. The van der Waals surface area contributed by atoms with Gasteiger partial charge in [0.1, 0.15) is 8.07 Å². The third kappa shape index (κ3) is 3.91. The highest BCUT2D eigenvalue weighted by molar-refractivity contribution is 6.87. The van der Waals surface area contributed by atoms with Crippen LogP contribution in [0.25, 0.3) is 0 Å². The van der Waals surface area contributed by atoms with E-state index in [0.717, 1.165) is 26.3 Å². The van der Waals surface area contributed by atoms with Gasteiger partial charge < -0.3 is 4.74 Å². The molecule has 2 rings (SSSR count). The van der Waals surface area contributed by atoms with Crippen LogP contribution in [-0.2, 0) is 4.74 Å². The van der Waals surface area contributed by atoms with Crippen LogP contribution in [0.1, 0.15) is 52.9 Å². The van der Waals surface area contributed by atoms with E-state index >= 15 is 0 Å². The zero-order chi connectivity index (χ0) is 15.6. The third-order valence-electron chi connectivity index (χ3n) is 5.78. The second-order valence-corrected chi connectivity index (χ2v) is 13.3. The summed E-state index contributed by atoms with van der Waals surface area (Å²) in [5.74, 6) is 3.83. The van der Waals surface area contributed by atoms with E-state index in [0.29, 0.717) is 5.04 Å². The molecule has 1 saturated carbocycles. The standard InChI is InChI=1S/C18H33NOSi/c1-17(2,3)21(4,5)16-11-18(9-7-6-8-10-18)19-12-14-20-15-13-19/h6-10,12-15H2,1-5H3. The number of ether oxygens (including phenoxy) is 1. The Morgan fingerprint density at radius 2 is 1.57 bits per heavy atom. The lowest BCUT2D eigenvalue weighted by atomic mass is 9.80. The summed E-state index contributed by atoms with van der Waals surface area (Å²) >= 11 is 0. The monoisotopic (exact) mass is 307 g/mol. The maximum Gasteiger partial charge on any atom is 0.137 e. The van der Waals surface area contributed by atoms with E-state index in [9.17, 15) is 0 Å². The molecule has 1 aliphatic heterocycles. The topological polar surface area (TPSA) is 12.5 Å². The van der Waals surface area contributed by atoms with Gasteiger partial charge in [0, 0.05) is 13.1 Å². The van der Waals surface area contributed by atoms with Gasteiger partial charge in [-0.2, -0.15) is 0 Å². The van der Waals surface area contributed by atoms with Gasteiger partial charge in [0.2, 0.25) is 0 Å². The van der Waals surface area contributed by atoms with Crippen molar-refractivity contribution in [3.05, 3.63) is 0 Å². The first kappa shape index (κ1) is 17.1. The zero-order valence-electron chi connectivity index (χ0n) is 14.7. The lowest BCUT2D eigenvalue weighted by molar-refractivity contribution is -0.0141. The van der Waals surface area contributed by atoms with Crippen LogP contribution < -0.4 is 0 Å². The number of morpholine rings is 1. The molecule has 0 N–H and O–H groups in total. The van der Waals surface area contributed by atoms with Crippen molar-refractivity contribution in [1.29, 1.82) is 0 Å². The Hall–Kier alpha value is -0.303. The highest BCUT2D eigenvalue weighted by Crippen LogP contribution is 2.37. The summed E-state index contributed by atoms with van der Waals surface area (Å²) in [6, 6.07) is 0. The second-order valence-electron chi connectivity index (χ2n) is 8.32. The van der Waals surface area contributed by atoms with Crippen molar-refractivity contribution >= 4 is 8.07 Å². The minimum Gasteiger partial charge on any atom is -0.379 e. The first-order valence-electron chi connectivity index (χ1n) is 8.64. The molecule has 0 aromatic carbocycles. The van der Waals surface area contributed by atoms with Crippen LogP contribution in [0.4, 0.5) is 0 Å². The van der Waals surface area contributed by atoms with Gasteiger partial charge in [-0.25, -0.2) is 0 Å². The Labute approximate surface area is 132 Å². The summed E-state index contributed by atoms with van der Waals surface area (Å²) in [6.07, 6.45) is 6.57. The van der Waals surface area contributed by atoms with Gasteiger partial charge in [0.05, 0.1) is 18.8 Å². The van der Waals surface area contributed by atoms with Crippen molar-refractivity contribution < 1.29 is 4.74 Å². The Morgan fingerprint density at radius 1 is 1.00 bits per heavy atom. The van der Waals surface area contributed by atoms with E-state index in [4.69, 9.17) is 4.74 Å². The highest BCUT2D eigenvalue weighted by atomic mass is 28.3. The van der Waals surface area contributed by atoms with Gasteiger partial charge in [-0.3, -0.25) is 4.90 Å². The summed E-state index contributed by atoms with van der Waals surface area (Å²) < 4.78 is 5.55. The molecule has 0 spiro atoms. The van der Waals surface area contributed by atoms with Crippen molar-refractivity contribution in [2.24, 2.45) is 0 Å². The normalized spacial score (nSPS) is 24.2. The van der Waals surface area contributed by atoms with Gasteiger partial charge >= 0.3 is 0 Å². The zero-order valence-corrected chi connectivity index (χ0v) is 15.7. The predicted octanol–water partition coefficient (Wildman–Crippen LogP) is 4.07. The molecular weight excluding hydrogens is 274 g/mol. The Balaban J connectivity index is 2.25. The van der Waals surface area contributed by atoms with Gasteiger partial charge in [-0.05, 0) is 17.9 Å². The molecule has 0 aromatic rings. The maximum absolute atomic E-state index is 5.55. The molecule has 0 aromatic heterocycles. The Kier molecular flexibility index (Phi) is 5.23. The lowest BCUT2D eigenvalue weighted by Gasteiger charge is -2.45. The smallest absolute Gasteiger partial charge is 0.137 e. The Bertz CT molecular complexity index is 401. The number of nitrogens with zero attached hydrogens (tertiary/aromatic N) is 1. The van der Waals surface area contributed by atoms with Gasteiger partial charge in [0.15, 0.2) is 0 Å². The maximum atomic E-state index is 5.55. The quantitative estimate of drug-likeness (QED) is 0.535. The largest absolute Gasteiger partial charge is 0.379 e. The molecule has 3 heteroatoms. The fourth-order valence-electron chi connectivity index (χ4n) is 3.11. The molecule has 2 nitrogen and oxygen atoms in total. The molecule has 2 fully saturated rings. The van der Waals surface area contributed by atoms with E-state index in [2.05, 4.69) is 50.2 Å². The molecular formula is C18H33NOSi. The van der Waals surface area contributed by atoms with Gasteiger partial charge in [0.25, 0.3) is 0 Å². The van der Waals surface area contributed by atoms with E-state index in [1.165, 1.54) is 32.1 Å². The van der Waals surface area contributed by atoms with Crippen molar-refractivity contribution in [1.82, 2.24) is 4.90 Å². The fraction of sp³-hybridized carbons (Fsp3) is 0.889. The molecule has 1 heterocycles. The van der Waals surface area contributed by atoms with Gasteiger partial charge in [-0.15, -0.1) is 5.54 Å². The fourth-order valence-corrected chi connectivity index (χ4v) is 4.03. The highest BCUT2D eigenvalue weighted by Gasteiger charge is 2.39. The first-order chi connectivity index (χ1) is 9.77. The number of hydrogen-bond donors (Lipinski definition) is 0. The SMILES string of the molecule is CC(C)(C)[Si](C)(C)C#CC1(N2CCOCC2)CCCCC1. The molecule has 0 amide bonds. The lowest BCUT2D eigenvalue weighted by Crippen LogP contribution is -2.54. The molecule has 1 aliphatic carbocycles.